The van der Waals surface area contributed by atoms with Gasteiger partial charge in [0.05, 0.1) is 0 Å². The fourth-order valence-corrected chi connectivity index (χ4v) is 1.68. The summed E-state index contributed by atoms with van der Waals surface area (Å²) in [7, 11) is 0. The third kappa shape index (κ3) is 3.25. The number of halogens is 1. The number of hydrogen-bond donors (Lipinski definition) is 2. The minimum absolute atomic E-state index is 0.171. The van der Waals surface area contributed by atoms with Gasteiger partial charge in [-0.3, -0.25) is 4.79 Å². The maximum absolute atomic E-state index is 11.8. The number of phenols is 1. The molecule has 3 nitrogen and oxygen atoms in total. The van der Waals surface area contributed by atoms with E-state index >= 15 is 0 Å². The first-order valence-corrected chi connectivity index (χ1v) is 5.84. The van der Waals surface area contributed by atoms with Crippen molar-refractivity contribution < 1.29 is 9.90 Å². The molecule has 0 bridgehead atoms. The summed E-state index contributed by atoms with van der Waals surface area (Å²) < 4.78 is 0. The third-order valence-electron chi connectivity index (χ3n) is 2.47. The lowest BCUT2D eigenvalue weighted by Crippen LogP contribution is -2.22. The van der Waals surface area contributed by atoms with Crippen LogP contribution in [0.25, 0.3) is 0 Å². The molecule has 0 radical (unpaired) electrons. The molecule has 0 aliphatic rings. The smallest absolute Gasteiger partial charge is 0.251 e. The second-order valence-electron chi connectivity index (χ2n) is 3.86. The second-order valence-corrected chi connectivity index (χ2v) is 4.30. The van der Waals surface area contributed by atoms with Gasteiger partial charge in [-0.15, -0.1) is 0 Å². The molecule has 4 heteroatoms. The molecule has 0 aliphatic carbocycles. The van der Waals surface area contributed by atoms with Crippen LogP contribution in [0.1, 0.15) is 15.9 Å². The first kappa shape index (κ1) is 12.5. The molecule has 0 aliphatic heterocycles. The molecule has 0 aromatic heterocycles. The van der Waals surface area contributed by atoms with Crippen LogP contribution < -0.4 is 5.32 Å². The molecule has 1 amide bonds. The van der Waals surface area contributed by atoms with Crippen molar-refractivity contribution in [3.8, 4) is 5.75 Å². The average Bonchev–Trinajstić information content (AvgIpc) is 2.37. The zero-order chi connectivity index (χ0) is 13.0. The number of aromatic hydroxyl groups is 1. The van der Waals surface area contributed by atoms with E-state index in [4.69, 9.17) is 11.6 Å². The lowest BCUT2D eigenvalue weighted by atomic mass is 10.2. The van der Waals surface area contributed by atoms with Gasteiger partial charge in [0.25, 0.3) is 5.91 Å². The number of hydrogen-bond acceptors (Lipinski definition) is 2. The van der Waals surface area contributed by atoms with Crippen molar-refractivity contribution in [2.45, 2.75) is 6.54 Å². The topological polar surface area (TPSA) is 49.3 Å². The molecule has 18 heavy (non-hydrogen) atoms. The zero-order valence-electron chi connectivity index (χ0n) is 9.56. The summed E-state index contributed by atoms with van der Waals surface area (Å²) in [5, 5.41) is 12.7. The molecule has 0 fully saturated rings. The molecule has 0 saturated carbocycles. The molecule has 0 spiro atoms. The number of nitrogens with one attached hydrogen (secondary N) is 1. The standard InChI is InChI=1S/C14H12ClNO2/c15-12-6-4-11(5-7-12)14(18)16-9-10-2-1-3-13(17)8-10/h1-8,17H,9H2,(H,16,18). The highest BCUT2D eigenvalue weighted by Gasteiger charge is 2.04. The lowest BCUT2D eigenvalue weighted by Gasteiger charge is -2.05. The van der Waals surface area contributed by atoms with Crippen LogP contribution in [-0.4, -0.2) is 11.0 Å². The van der Waals surface area contributed by atoms with Gasteiger partial charge in [0.2, 0.25) is 0 Å². The molecule has 2 aromatic rings. The quantitative estimate of drug-likeness (QED) is 0.892. The SMILES string of the molecule is O=C(NCc1cccc(O)c1)c1ccc(Cl)cc1. The van der Waals surface area contributed by atoms with Crippen LogP contribution in [0, 0.1) is 0 Å². The van der Waals surface area contributed by atoms with E-state index in [0.29, 0.717) is 17.1 Å². The van der Waals surface area contributed by atoms with Gasteiger partial charge in [-0.2, -0.15) is 0 Å². The Morgan fingerprint density at radius 1 is 1.17 bits per heavy atom. The monoisotopic (exact) mass is 261 g/mol. The summed E-state index contributed by atoms with van der Waals surface area (Å²) in [6, 6.07) is 13.4. The normalized spacial score (nSPS) is 10.1. The number of amides is 1. The third-order valence-corrected chi connectivity index (χ3v) is 2.72. The van der Waals surface area contributed by atoms with Gasteiger partial charge in [-0.25, -0.2) is 0 Å². The Morgan fingerprint density at radius 3 is 2.56 bits per heavy atom. The molecule has 2 aromatic carbocycles. The van der Waals surface area contributed by atoms with E-state index in [-0.39, 0.29) is 11.7 Å². The highest BCUT2D eigenvalue weighted by atomic mass is 35.5. The summed E-state index contributed by atoms with van der Waals surface area (Å²) in [4.78, 5) is 11.8. The molecule has 0 atom stereocenters. The zero-order valence-corrected chi connectivity index (χ0v) is 10.3. The molecule has 0 heterocycles. The Balaban J connectivity index is 1.98. The van der Waals surface area contributed by atoms with E-state index < -0.39 is 0 Å². The Morgan fingerprint density at radius 2 is 1.89 bits per heavy atom. The van der Waals surface area contributed by atoms with E-state index in [2.05, 4.69) is 5.32 Å². The van der Waals surface area contributed by atoms with Gasteiger partial charge in [-0.05, 0) is 42.0 Å². The molecule has 92 valence electrons. The Hall–Kier alpha value is -2.00. The van der Waals surface area contributed by atoms with Crippen LogP contribution in [-0.2, 0) is 6.54 Å². The van der Waals surface area contributed by atoms with Gasteiger partial charge in [0.1, 0.15) is 5.75 Å². The fourth-order valence-electron chi connectivity index (χ4n) is 1.55. The Kier molecular flexibility index (Phi) is 3.85. The maximum atomic E-state index is 11.8. The number of carbonyl (C=O) groups excluding carboxylic acids is 1. The van der Waals surface area contributed by atoms with E-state index in [9.17, 15) is 9.90 Å². The fraction of sp³-hybridized carbons (Fsp3) is 0.0714. The van der Waals surface area contributed by atoms with Crippen molar-refractivity contribution in [2.24, 2.45) is 0 Å². The minimum Gasteiger partial charge on any atom is -0.508 e. The second kappa shape index (κ2) is 5.56. The van der Waals surface area contributed by atoms with Crippen LogP contribution in [0.3, 0.4) is 0 Å². The van der Waals surface area contributed by atoms with Crippen molar-refractivity contribution >= 4 is 17.5 Å². The molecule has 0 saturated heterocycles. The van der Waals surface area contributed by atoms with E-state index in [1.807, 2.05) is 6.07 Å². The minimum atomic E-state index is -0.171. The van der Waals surface area contributed by atoms with Crippen LogP contribution in [0.5, 0.6) is 5.75 Å². The van der Waals surface area contributed by atoms with Crippen LogP contribution in [0.4, 0.5) is 0 Å². The van der Waals surface area contributed by atoms with Gasteiger partial charge in [0, 0.05) is 17.1 Å². The van der Waals surface area contributed by atoms with Crippen molar-refractivity contribution in [1.29, 1.82) is 0 Å². The average molecular weight is 262 g/mol. The largest absolute Gasteiger partial charge is 0.508 e. The predicted molar refractivity (Wildman–Crippen MR) is 70.7 cm³/mol. The van der Waals surface area contributed by atoms with Crippen molar-refractivity contribution in [3.63, 3.8) is 0 Å². The van der Waals surface area contributed by atoms with E-state index in [1.54, 1.807) is 42.5 Å². The highest BCUT2D eigenvalue weighted by molar-refractivity contribution is 6.30. The van der Waals surface area contributed by atoms with Gasteiger partial charge < -0.3 is 10.4 Å². The van der Waals surface area contributed by atoms with Crippen LogP contribution in [0.15, 0.2) is 48.5 Å². The van der Waals surface area contributed by atoms with Gasteiger partial charge in [-0.1, -0.05) is 23.7 Å². The van der Waals surface area contributed by atoms with Crippen molar-refractivity contribution in [1.82, 2.24) is 5.32 Å². The molecule has 0 unspecified atom stereocenters. The number of benzene rings is 2. The Labute approximate surface area is 110 Å². The summed E-state index contributed by atoms with van der Waals surface area (Å²) in [6.07, 6.45) is 0. The maximum Gasteiger partial charge on any atom is 0.251 e. The number of phenolic OH excluding ortho intramolecular Hbond substituents is 1. The summed E-state index contributed by atoms with van der Waals surface area (Å²) in [5.74, 6) is 0.0169. The molecule has 2 N–H and O–H groups in total. The number of carbonyl (C=O) groups is 1. The summed E-state index contributed by atoms with van der Waals surface area (Å²) in [5.41, 5.74) is 1.40. The van der Waals surface area contributed by atoms with Crippen molar-refractivity contribution in [3.05, 3.63) is 64.7 Å². The summed E-state index contributed by atoms with van der Waals surface area (Å²) in [6.45, 7) is 0.371. The molecule has 2 rings (SSSR count). The van der Waals surface area contributed by atoms with E-state index in [1.165, 1.54) is 0 Å². The lowest BCUT2D eigenvalue weighted by molar-refractivity contribution is 0.0951. The van der Waals surface area contributed by atoms with Crippen molar-refractivity contribution in [2.75, 3.05) is 0 Å². The van der Waals surface area contributed by atoms with Gasteiger partial charge in [0.15, 0.2) is 0 Å². The predicted octanol–water partition coefficient (Wildman–Crippen LogP) is 2.98. The van der Waals surface area contributed by atoms with E-state index in [0.717, 1.165) is 5.56 Å². The van der Waals surface area contributed by atoms with Gasteiger partial charge >= 0.3 is 0 Å². The molecular weight excluding hydrogens is 250 g/mol. The summed E-state index contributed by atoms with van der Waals surface area (Å²) >= 11 is 5.75. The number of rotatable bonds is 3. The van der Waals surface area contributed by atoms with Crippen LogP contribution in [0.2, 0.25) is 5.02 Å². The first-order chi connectivity index (χ1) is 8.65. The molecular formula is C14H12ClNO2. The Bertz CT molecular complexity index is 552. The highest BCUT2D eigenvalue weighted by Crippen LogP contribution is 2.12. The first-order valence-electron chi connectivity index (χ1n) is 5.47. The van der Waals surface area contributed by atoms with Crippen LogP contribution >= 0.6 is 11.6 Å².